The number of carbonyl (C=O) groups is 1. The molecule has 2 aromatic carbocycles. The Bertz CT molecular complexity index is 775. The van der Waals surface area contributed by atoms with Crippen LogP contribution in [-0.2, 0) is 11.2 Å². The van der Waals surface area contributed by atoms with Crippen LogP contribution in [0.4, 0.5) is 5.69 Å². The van der Waals surface area contributed by atoms with Gasteiger partial charge in [0.05, 0.1) is 16.1 Å². The van der Waals surface area contributed by atoms with E-state index in [-0.39, 0.29) is 6.04 Å². The first-order chi connectivity index (χ1) is 11.4. The van der Waals surface area contributed by atoms with Crippen molar-refractivity contribution in [2.24, 2.45) is 0 Å². The highest BCUT2D eigenvalue weighted by Gasteiger charge is 2.31. The monoisotopic (exact) mass is 364 g/mol. The summed E-state index contributed by atoms with van der Waals surface area (Å²) >= 11 is 12.3. The number of aliphatic carboxylic acids is 1. The molecule has 24 heavy (non-hydrogen) atoms. The van der Waals surface area contributed by atoms with Gasteiger partial charge in [0, 0.05) is 19.8 Å². The van der Waals surface area contributed by atoms with Crippen LogP contribution in [0.1, 0.15) is 22.7 Å². The zero-order valence-electron chi connectivity index (χ0n) is 13.4. The van der Waals surface area contributed by atoms with Crippen molar-refractivity contribution in [2.45, 2.75) is 18.5 Å². The van der Waals surface area contributed by atoms with Gasteiger partial charge in [-0.15, -0.1) is 0 Å². The maximum atomic E-state index is 11.5. The third kappa shape index (κ3) is 3.22. The van der Waals surface area contributed by atoms with Crippen LogP contribution in [0.5, 0.6) is 0 Å². The van der Waals surface area contributed by atoms with Crippen molar-refractivity contribution in [2.75, 3.05) is 19.0 Å². The molecular formula is C18H18Cl2N2O2. The highest BCUT2D eigenvalue weighted by molar-refractivity contribution is 6.42. The lowest BCUT2D eigenvalue weighted by atomic mass is 9.86. The summed E-state index contributed by atoms with van der Waals surface area (Å²) in [4.78, 5) is 13.5. The lowest BCUT2D eigenvalue weighted by Crippen LogP contribution is -2.45. The molecule has 0 aliphatic carbocycles. The first-order valence-electron chi connectivity index (χ1n) is 7.60. The van der Waals surface area contributed by atoms with Gasteiger partial charge in [-0.2, -0.15) is 0 Å². The van der Waals surface area contributed by atoms with E-state index in [1.165, 1.54) is 0 Å². The molecule has 0 saturated carbocycles. The molecule has 2 aromatic rings. The van der Waals surface area contributed by atoms with Crippen molar-refractivity contribution < 1.29 is 9.90 Å². The summed E-state index contributed by atoms with van der Waals surface area (Å²) in [5.74, 6) is -0.873. The van der Waals surface area contributed by atoms with Crippen molar-refractivity contribution in [1.82, 2.24) is 5.32 Å². The molecule has 1 aliphatic rings. The second-order valence-electron chi connectivity index (χ2n) is 6.15. The summed E-state index contributed by atoms with van der Waals surface area (Å²) in [5, 5.41) is 13.6. The molecule has 4 nitrogen and oxygen atoms in total. The van der Waals surface area contributed by atoms with Gasteiger partial charge in [0.15, 0.2) is 0 Å². The zero-order chi connectivity index (χ0) is 17.4. The normalized spacial score (nSPS) is 19.7. The van der Waals surface area contributed by atoms with Crippen LogP contribution in [0, 0.1) is 0 Å². The number of hydrogen-bond acceptors (Lipinski definition) is 3. The molecule has 3 rings (SSSR count). The lowest BCUT2D eigenvalue weighted by Gasteiger charge is -2.32. The smallest absolute Gasteiger partial charge is 0.321 e. The number of carboxylic acids is 1. The summed E-state index contributed by atoms with van der Waals surface area (Å²) in [7, 11) is 3.96. The van der Waals surface area contributed by atoms with E-state index < -0.39 is 12.0 Å². The Hall–Kier alpha value is -1.75. The van der Waals surface area contributed by atoms with Gasteiger partial charge in [0.25, 0.3) is 0 Å². The third-order valence-electron chi connectivity index (χ3n) is 4.33. The van der Waals surface area contributed by atoms with Crippen LogP contribution in [0.2, 0.25) is 10.0 Å². The van der Waals surface area contributed by atoms with E-state index in [0.29, 0.717) is 16.5 Å². The van der Waals surface area contributed by atoms with Gasteiger partial charge < -0.3 is 10.0 Å². The van der Waals surface area contributed by atoms with Crippen LogP contribution in [0.25, 0.3) is 0 Å². The highest BCUT2D eigenvalue weighted by atomic mass is 35.5. The minimum absolute atomic E-state index is 0.235. The number of benzene rings is 2. The SMILES string of the molecule is CN(C)c1ccc(C2NC(C(=O)O)Cc3cc(Cl)c(Cl)cc32)cc1. The summed E-state index contributed by atoms with van der Waals surface area (Å²) in [5.41, 5.74) is 3.96. The molecule has 2 atom stereocenters. The van der Waals surface area contributed by atoms with E-state index in [1.54, 1.807) is 6.07 Å². The fraction of sp³-hybridized carbons (Fsp3) is 0.278. The van der Waals surface area contributed by atoms with Crippen molar-refractivity contribution in [3.05, 3.63) is 63.1 Å². The lowest BCUT2D eigenvalue weighted by molar-refractivity contribution is -0.139. The van der Waals surface area contributed by atoms with E-state index in [2.05, 4.69) is 5.32 Å². The Labute approximate surface area is 151 Å². The van der Waals surface area contributed by atoms with Gasteiger partial charge in [-0.05, 0) is 47.4 Å². The third-order valence-corrected chi connectivity index (χ3v) is 5.05. The summed E-state index contributed by atoms with van der Waals surface area (Å²) in [6.45, 7) is 0. The molecule has 1 heterocycles. The Morgan fingerprint density at radius 2 is 1.79 bits per heavy atom. The summed E-state index contributed by atoms with van der Waals surface area (Å²) in [6, 6.07) is 10.7. The van der Waals surface area contributed by atoms with Crippen molar-refractivity contribution in [3.63, 3.8) is 0 Å². The predicted octanol–water partition coefficient (Wildman–Crippen LogP) is 3.75. The van der Waals surface area contributed by atoms with Crippen molar-refractivity contribution in [3.8, 4) is 0 Å². The molecule has 1 aliphatic heterocycles. The Kier molecular flexibility index (Phi) is 4.72. The molecule has 0 spiro atoms. The quantitative estimate of drug-likeness (QED) is 0.870. The molecule has 2 unspecified atom stereocenters. The minimum Gasteiger partial charge on any atom is -0.480 e. The van der Waals surface area contributed by atoms with Crippen LogP contribution < -0.4 is 10.2 Å². The molecule has 0 aromatic heterocycles. The maximum absolute atomic E-state index is 11.5. The zero-order valence-corrected chi connectivity index (χ0v) is 14.9. The standard InChI is InChI=1S/C18H18Cl2N2O2/c1-22(2)12-5-3-10(4-6-12)17-13-9-15(20)14(19)7-11(13)8-16(21-17)18(23)24/h3-7,9,16-17,21H,8H2,1-2H3,(H,23,24). The average molecular weight is 365 g/mol. The topological polar surface area (TPSA) is 52.6 Å². The number of halogens is 2. The molecule has 0 bridgehead atoms. The molecule has 126 valence electrons. The maximum Gasteiger partial charge on any atom is 0.321 e. The van der Waals surface area contributed by atoms with E-state index in [9.17, 15) is 9.90 Å². The average Bonchev–Trinajstić information content (AvgIpc) is 2.55. The van der Waals surface area contributed by atoms with E-state index in [4.69, 9.17) is 23.2 Å². The van der Waals surface area contributed by atoms with Gasteiger partial charge in [-0.25, -0.2) is 0 Å². The Morgan fingerprint density at radius 3 is 2.38 bits per heavy atom. The molecule has 2 N–H and O–H groups in total. The number of rotatable bonds is 3. The van der Waals surface area contributed by atoms with Gasteiger partial charge >= 0.3 is 5.97 Å². The van der Waals surface area contributed by atoms with Gasteiger partial charge in [0.1, 0.15) is 6.04 Å². The Balaban J connectivity index is 2.06. The summed E-state index contributed by atoms with van der Waals surface area (Å²) in [6.07, 6.45) is 0.383. The van der Waals surface area contributed by atoms with E-state index in [0.717, 1.165) is 22.4 Å². The predicted molar refractivity (Wildman–Crippen MR) is 97.3 cm³/mol. The molecule has 0 saturated heterocycles. The number of anilines is 1. The van der Waals surface area contributed by atoms with E-state index in [1.807, 2.05) is 49.3 Å². The largest absolute Gasteiger partial charge is 0.480 e. The van der Waals surface area contributed by atoms with Crippen LogP contribution in [0.15, 0.2) is 36.4 Å². The van der Waals surface area contributed by atoms with Gasteiger partial charge in [-0.3, -0.25) is 10.1 Å². The van der Waals surface area contributed by atoms with Crippen LogP contribution >= 0.6 is 23.2 Å². The second-order valence-corrected chi connectivity index (χ2v) is 6.96. The molecular weight excluding hydrogens is 347 g/mol. The fourth-order valence-electron chi connectivity index (χ4n) is 3.02. The molecule has 0 fully saturated rings. The molecule has 0 amide bonds. The van der Waals surface area contributed by atoms with E-state index >= 15 is 0 Å². The first kappa shape index (κ1) is 17.1. The van der Waals surface area contributed by atoms with Crippen LogP contribution in [0.3, 0.4) is 0 Å². The van der Waals surface area contributed by atoms with Gasteiger partial charge in [-0.1, -0.05) is 35.3 Å². The minimum atomic E-state index is -0.873. The number of nitrogens with one attached hydrogen (secondary N) is 1. The first-order valence-corrected chi connectivity index (χ1v) is 8.36. The number of nitrogens with zero attached hydrogens (tertiary/aromatic N) is 1. The fourth-order valence-corrected chi connectivity index (χ4v) is 3.38. The summed E-state index contributed by atoms with van der Waals surface area (Å²) < 4.78 is 0. The number of hydrogen-bond donors (Lipinski definition) is 2. The molecule has 6 heteroatoms. The van der Waals surface area contributed by atoms with Crippen LogP contribution in [-0.4, -0.2) is 31.2 Å². The van der Waals surface area contributed by atoms with Crippen molar-refractivity contribution in [1.29, 1.82) is 0 Å². The highest BCUT2D eigenvalue weighted by Crippen LogP contribution is 2.36. The van der Waals surface area contributed by atoms with Crippen molar-refractivity contribution >= 4 is 34.9 Å². The van der Waals surface area contributed by atoms with Gasteiger partial charge in [0.2, 0.25) is 0 Å². The molecule has 0 radical (unpaired) electrons. The number of carboxylic acid groups (broad SMARTS) is 1. The Morgan fingerprint density at radius 1 is 1.17 bits per heavy atom. The second kappa shape index (κ2) is 6.63. The number of fused-ring (bicyclic) bond motifs is 1.